The van der Waals surface area contributed by atoms with Crippen molar-refractivity contribution in [3.63, 3.8) is 0 Å². The maximum atomic E-state index is 12.7. The van der Waals surface area contributed by atoms with Gasteiger partial charge in [-0.05, 0) is 25.0 Å². The van der Waals surface area contributed by atoms with Crippen LogP contribution in [-0.2, 0) is 6.18 Å². The lowest BCUT2D eigenvalue weighted by molar-refractivity contribution is -0.137. The zero-order chi connectivity index (χ0) is 11.4. The molecular formula is C11H10F3NO. The monoisotopic (exact) mass is 229 g/mol. The number of anilines is 1. The van der Waals surface area contributed by atoms with E-state index >= 15 is 0 Å². The molecule has 1 fully saturated rings. The molecule has 1 aromatic carbocycles. The van der Waals surface area contributed by atoms with Crippen LogP contribution in [0.2, 0.25) is 0 Å². The van der Waals surface area contributed by atoms with E-state index in [1.54, 1.807) is 6.07 Å². The van der Waals surface area contributed by atoms with Crippen molar-refractivity contribution < 1.29 is 17.9 Å². The molecule has 1 aliphatic carbocycles. The maximum absolute atomic E-state index is 12.7. The minimum Gasteiger partial charge on any atom is -0.483 e. The second kappa shape index (κ2) is 2.84. The number of ether oxygens (including phenoxy) is 1. The number of rotatable bonds is 0. The molecule has 1 spiro atoms. The van der Waals surface area contributed by atoms with Crippen LogP contribution in [0.25, 0.3) is 0 Å². The molecule has 0 bridgehead atoms. The van der Waals surface area contributed by atoms with E-state index < -0.39 is 11.7 Å². The summed E-state index contributed by atoms with van der Waals surface area (Å²) >= 11 is 0. The first-order chi connectivity index (χ1) is 7.50. The summed E-state index contributed by atoms with van der Waals surface area (Å²) in [5.41, 5.74) is -0.815. The molecule has 1 heterocycles. The highest BCUT2D eigenvalue weighted by Gasteiger charge is 2.49. The molecule has 0 saturated heterocycles. The van der Waals surface area contributed by atoms with Gasteiger partial charge < -0.3 is 10.1 Å². The van der Waals surface area contributed by atoms with Crippen LogP contribution < -0.4 is 10.1 Å². The summed E-state index contributed by atoms with van der Waals surface area (Å²) in [4.78, 5) is 0. The van der Waals surface area contributed by atoms with Crippen LogP contribution in [0, 0.1) is 0 Å². The molecule has 1 aliphatic heterocycles. The number of para-hydroxylation sites is 1. The van der Waals surface area contributed by atoms with Gasteiger partial charge in [-0.2, -0.15) is 13.2 Å². The largest absolute Gasteiger partial charge is 0.483 e. The number of fused-ring (bicyclic) bond motifs is 1. The number of nitrogens with one attached hydrogen (secondary N) is 1. The number of alkyl halides is 3. The van der Waals surface area contributed by atoms with Crippen LogP contribution in [0.4, 0.5) is 18.9 Å². The van der Waals surface area contributed by atoms with E-state index in [0.717, 1.165) is 18.9 Å². The van der Waals surface area contributed by atoms with Crippen LogP contribution >= 0.6 is 0 Å². The summed E-state index contributed by atoms with van der Waals surface area (Å²) in [5.74, 6) is 0.318. The molecule has 2 nitrogen and oxygen atoms in total. The second-order valence-corrected chi connectivity index (χ2v) is 4.32. The number of halogens is 3. The summed E-state index contributed by atoms with van der Waals surface area (Å²) < 4.78 is 43.7. The van der Waals surface area contributed by atoms with Crippen molar-refractivity contribution in [2.45, 2.75) is 24.6 Å². The van der Waals surface area contributed by atoms with Gasteiger partial charge in [-0.25, -0.2) is 0 Å². The van der Waals surface area contributed by atoms with Crippen molar-refractivity contribution >= 4 is 5.69 Å². The highest BCUT2D eigenvalue weighted by atomic mass is 19.4. The first-order valence-corrected chi connectivity index (χ1v) is 5.13. The standard InChI is InChI=1S/C11H10F3NO/c12-11(13,14)7-2-1-3-8-9(7)15-6-10(16-8)4-5-10/h1-3,15H,4-6H2. The van der Waals surface area contributed by atoms with Crippen molar-refractivity contribution in [3.8, 4) is 5.75 Å². The van der Waals surface area contributed by atoms with Crippen LogP contribution in [-0.4, -0.2) is 12.1 Å². The third kappa shape index (κ3) is 1.42. The maximum Gasteiger partial charge on any atom is 0.418 e. The molecule has 1 N–H and O–H groups in total. The summed E-state index contributed by atoms with van der Waals surface area (Å²) in [5, 5.41) is 2.85. The van der Waals surface area contributed by atoms with Gasteiger partial charge >= 0.3 is 6.18 Å². The molecule has 3 rings (SSSR count). The van der Waals surface area contributed by atoms with Gasteiger partial charge in [-0.3, -0.25) is 0 Å². The lowest BCUT2D eigenvalue weighted by atomic mass is 10.1. The van der Waals surface area contributed by atoms with Crippen LogP contribution in [0.1, 0.15) is 18.4 Å². The molecule has 5 heteroatoms. The Morgan fingerprint density at radius 2 is 2.00 bits per heavy atom. The molecule has 1 aromatic rings. The fraction of sp³-hybridized carbons (Fsp3) is 0.455. The SMILES string of the molecule is FC(F)(F)c1cccc2c1NCC1(CC1)O2. The minimum absolute atomic E-state index is 0.0764. The lowest BCUT2D eigenvalue weighted by Crippen LogP contribution is -2.33. The predicted molar refractivity (Wildman–Crippen MR) is 52.5 cm³/mol. The van der Waals surface area contributed by atoms with Gasteiger partial charge in [0.1, 0.15) is 11.4 Å². The molecule has 16 heavy (non-hydrogen) atoms. The lowest BCUT2D eigenvalue weighted by Gasteiger charge is -2.29. The molecule has 0 atom stereocenters. The Balaban J connectivity index is 2.04. The molecule has 0 unspecified atom stereocenters. The smallest absolute Gasteiger partial charge is 0.418 e. The van der Waals surface area contributed by atoms with E-state index in [9.17, 15) is 13.2 Å². The Bertz CT molecular complexity index is 437. The molecule has 86 valence electrons. The number of hydrogen-bond donors (Lipinski definition) is 1. The quantitative estimate of drug-likeness (QED) is 0.738. The normalized spacial score (nSPS) is 20.9. The van der Waals surface area contributed by atoms with Crippen LogP contribution in [0.15, 0.2) is 18.2 Å². The van der Waals surface area contributed by atoms with E-state index in [1.165, 1.54) is 6.07 Å². The Labute approximate surface area is 90.4 Å². The first kappa shape index (κ1) is 9.81. The van der Waals surface area contributed by atoms with E-state index in [1.807, 2.05) is 0 Å². The van der Waals surface area contributed by atoms with Crippen molar-refractivity contribution in [1.82, 2.24) is 0 Å². The predicted octanol–water partition coefficient (Wildman–Crippen LogP) is 3.04. The highest BCUT2D eigenvalue weighted by Crippen LogP contribution is 2.49. The third-order valence-corrected chi connectivity index (χ3v) is 3.05. The van der Waals surface area contributed by atoms with Crippen LogP contribution in [0.5, 0.6) is 5.75 Å². The highest BCUT2D eigenvalue weighted by molar-refractivity contribution is 5.65. The fourth-order valence-electron chi connectivity index (χ4n) is 1.97. The van der Waals surface area contributed by atoms with E-state index in [-0.39, 0.29) is 11.3 Å². The van der Waals surface area contributed by atoms with Crippen molar-refractivity contribution in [2.24, 2.45) is 0 Å². The van der Waals surface area contributed by atoms with Gasteiger partial charge in [0, 0.05) is 0 Å². The topological polar surface area (TPSA) is 21.3 Å². The minimum atomic E-state index is -4.34. The Morgan fingerprint density at radius 1 is 1.25 bits per heavy atom. The molecule has 1 saturated carbocycles. The van der Waals surface area contributed by atoms with Gasteiger partial charge in [0.25, 0.3) is 0 Å². The van der Waals surface area contributed by atoms with Gasteiger partial charge in [0.2, 0.25) is 0 Å². The summed E-state index contributed by atoms with van der Waals surface area (Å²) in [6.45, 7) is 0.465. The molecule has 0 aromatic heterocycles. The molecular weight excluding hydrogens is 219 g/mol. The number of hydrogen-bond acceptors (Lipinski definition) is 2. The first-order valence-electron chi connectivity index (χ1n) is 5.13. The van der Waals surface area contributed by atoms with Crippen molar-refractivity contribution in [1.29, 1.82) is 0 Å². The van der Waals surface area contributed by atoms with E-state index in [2.05, 4.69) is 5.32 Å². The summed E-state index contributed by atoms with van der Waals surface area (Å²) in [7, 11) is 0. The summed E-state index contributed by atoms with van der Waals surface area (Å²) in [6, 6.07) is 4.03. The van der Waals surface area contributed by atoms with Gasteiger partial charge in [-0.1, -0.05) is 6.07 Å². The van der Waals surface area contributed by atoms with Gasteiger partial charge in [0.05, 0.1) is 17.8 Å². The zero-order valence-corrected chi connectivity index (χ0v) is 8.40. The zero-order valence-electron chi connectivity index (χ0n) is 8.40. The number of benzene rings is 1. The average molecular weight is 229 g/mol. The molecule has 0 amide bonds. The van der Waals surface area contributed by atoms with Gasteiger partial charge in [-0.15, -0.1) is 0 Å². The Kier molecular flexibility index (Phi) is 1.74. The Hall–Kier alpha value is -1.39. The van der Waals surface area contributed by atoms with E-state index in [0.29, 0.717) is 12.3 Å². The Morgan fingerprint density at radius 3 is 2.62 bits per heavy atom. The van der Waals surface area contributed by atoms with Crippen molar-refractivity contribution in [3.05, 3.63) is 23.8 Å². The average Bonchev–Trinajstić information content (AvgIpc) is 2.95. The molecule has 0 radical (unpaired) electrons. The van der Waals surface area contributed by atoms with Crippen molar-refractivity contribution in [2.75, 3.05) is 11.9 Å². The third-order valence-electron chi connectivity index (χ3n) is 3.05. The van der Waals surface area contributed by atoms with E-state index in [4.69, 9.17) is 4.74 Å². The van der Waals surface area contributed by atoms with Crippen LogP contribution in [0.3, 0.4) is 0 Å². The second-order valence-electron chi connectivity index (χ2n) is 4.32. The van der Waals surface area contributed by atoms with Gasteiger partial charge in [0.15, 0.2) is 0 Å². The fourth-order valence-corrected chi connectivity index (χ4v) is 1.97. The summed E-state index contributed by atoms with van der Waals surface area (Å²) in [6.07, 6.45) is -2.51. The molecule has 2 aliphatic rings.